The molecule has 2 nitrogen and oxygen atoms in total. The predicted octanol–water partition coefficient (Wildman–Crippen LogP) is 12.9. The van der Waals surface area contributed by atoms with Crippen LogP contribution in [0.3, 0.4) is 0 Å². The standard InChI is InChI=1S/C46H56N2/c1-10-16-17-37(47-38-22-19-32(11-2)34(13-4)26-38)21-18-31(7)42-30-45-43(28-36(42)15-6)41-25-24-40(29-44(41)46(45,8)9)48-39-23-20-33(12-3)35(14-5)27-39/h17-30,47-48H,7,10-16H2,1-6,8-9H3/b21-18-,37-17+. The fraction of sp³-hybridized carbons (Fsp3) is 0.348. The molecular weight excluding hydrogens is 581 g/mol. The number of rotatable bonds is 14. The normalized spacial score (nSPS) is 13.5. The molecule has 0 fully saturated rings. The lowest BCUT2D eigenvalue weighted by Crippen LogP contribution is -2.15. The van der Waals surface area contributed by atoms with Gasteiger partial charge in [-0.15, -0.1) is 0 Å². The second kappa shape index (κ2) is 15.3. The van der Waals surface area contributed by atoms with Crippen molar-refractivity contribution in [2.45, 2.75) is 106 Å². The van der Waals surface area contributed by atoms with Crippen molar-refractivity contribution in [1.82, 2.24) is 0 Å². The highest BCUT2D eigenvalue weighted by Gasteiger charge is 2.36. The molecule has 4 aromatic rings. The molecule has 1 aliphatic rings. The average molecular weight is 637 g/mol. The molecule has 0 heterocycles. The minimum absolute atomic E-state index is 0.122. The van der Waals surface area contributed by atoms with E-state index in [4.69, 9.17) is 0 Å². The highest BCUT2D eigenvalue weighted by molar-refractivity contribution is 5.87. The molecule has 0 aliphatic heterocycles. The Labute approximate surface area is 291 Å². The lowest BCUT2D eigenvalue weighted by molar-refractivity contribution is 0.660. The average Bonchev–Trinajstić information content (AvgIpc) is 3.32. The number of aryl methyl sites for hydroxylation is 5. The van der Waals surface area contributed by atoms with Crippen LogP contribution in [0.5, 0.6) is 0 Å². The fourth-order valence-electron chi connectivity index (χ4n) is 7.32. The first-order valence-electron chi connectivity index (χ1n) is 18.3. The van der Waals surface area contributed by atoms with Crippen LogP contribution in [0.4, 0.5) is 17.1 Å². The lowest BCUT2D eigenvalue weighted by Gasteiger charge is -2.23. The molecular formula is C46H56N2. The number of fused-ring (bicyclic) bond motifs is 3. The van der Waals surface area contributed by atoms with Crippen LogP contribution in [0.15, 0.2) is 97.2 Å². The molecule has 0 spiro atoms. The molecule has 0 aromatic heterocycles. The summed E-state index contributed by atoms with van der Waals surface area (Å²) in [5.74, 6) is 0. The summed E-state index contributed by atoms with van der Waals surface area (Å²) in [5, 5.41) is 7.42. The van der Waals surface area contributed by atoms with Crippen molar-refractivity contribution in [1.29, 1.82) is 0 Å². The van der Waals surface area contributed by atoms with Crippen molar-refractivity contribution in [2.75, 3.05) is 10.6 Å². The van der Waals surface area contributed by atoms with Gasteiger partial charge in [-0.05, 0) is 148 Å². The molecule has 2 N–H and O–H groups in total. The molecule has 2 heteroatoms. The second-order valence-corrected chi connectivity index (χ2v) is 13.7. The second-order valence-electron chi connectivity index (χ2n) is 13.7. The van der Waals surface area contributed by atoms with Crippen molar-refractivity contribution in [3.05, 3.63) is 142 Å². The third-order valence-corrected chi connectivity index (χ3v) is 10.3. The summed E-state index contributed by atoms with van der Waals surface area (Å²) in [5.41, 5.74) is 19.2. The van der Waals surface area contributed by atoms with Gasteiger partial charge >= 0.3 is 0 Å². The van der Waals surface area contributed by atoms with Gasteiger partial charge in [-0.2, -0.15) is 0 Å². The van der Waals surface area contributed by atoms with E-state index in [0.717, 1.165) is 73.3 Å². The summed E-state index contributed by atoms with van der Waals surface area (Å²) < 4.78 is 0. The number of nitrogens with one attached hydrogen (secondary N) is 2. The van der Waals surface area contributed by atoms with Crippen molar-refractivity contribution in [3.63, 3.8) is 0 Å². The summed E-state index contributed by atoms with van der Waals surface area (Å²) in [7, 11) is 0. The molecule has 0 unspecified atom stereocenters. The van der Waals surface area contributed by atoms with E-state index in [2.05, 4.69) is 158 Å². The number of allylic oxidation sites excluding steroid dienone is 4. The van der Waals surface area contributed by atoms with Crippen molar-refractivity contribution < 1.29 is 0 Å². The molecule has 0 radical (unpaired) electrons. The molecule has 0 saturated heterocycles. The Bertz CT molecular complexity index is 1850. The molecule has 1 aliphatic carbocycles. The topological polar surface area (TPSA) is 24.1 Å². The first kappa shape index (κ1) is 35.0. The zero-order valence-electron chi connectivity index (χ0n) is 30.7. The minimum atomic E-state index is -0.122. The third-order valence-electron chi connectivity index (χ3n) is 10.3. The number of anilines is 3. The van der Waals surface area contributed by atoms with E-state index in [9.17, 15) is 0 Å². The minimum Gasteiger partial charge on any atom is -0.356 e. The van der Waals surface area contributed by atoms with Gasteiger partial charge in [0.05, 0.1) is 0 Å². The Morgan fingerprint density at radius 3 is 1.79 bits per heavy atom. The summed E-state index contributed by atoms with van der Waals surface area (Å²) in [6.07, 6.45) is 14.0. The van der Waals surface area contributed by atoms with Crippen LogP contribution in [0.25, 0.3) is 16.7 Å². The van der Waals surface area contributed by atoms with E-state index in [1.54, 1.807) is 0 Å². The Kier molecular flexibility index (Phi) is 11.2. The first-order chi connectivity index (χ1) is 23.2. The molecule has 0 saturated carbocycles. The highest BCUT2D eigenvalue weighted by atomic mass is 14.9. The van der Waals surface area contributed by atoms with Gasteiger partial charge < -0.3 is 10.6 Å². The maximum absolute atomic E-state index is 4.60. The van der Waals surface area contributed by atoms with Gasteiger partial charge in [0, 0.05) is 28.2 Å². The summed E-state index contributed by atoms with van der Waals surface area (Å²) in [6.45, 7) is 22.8. The van der Waals surface area contributed by atoms with Gasteiger partial charge in [0.2, 0.25) is 0 Å². The molecule has 5 rings (SSSR count). The van der Waals surface area contributed by atoms with E-state index >= 15 is 0 Å². The quantitative estimate of drug-likeness (QED) is 0.135. The SMILES string of the molecule is C=C(/C=C\C(=C/CCC)Nc1ccc(CC)c(CC)c1)c1cc2c(cc1CC)-c1ccc(Nc3ccc(CC)c(CC)c3)cc1C2(C)C. The number of hydrogen-bond acceptors (Lipinski definition) is 2. The van der Waals surface area contributed by atoms with Gasteiger partial charge in [-0.1, -0.05) is 105 Å². The Morgan fingerprint density at radius 2 is 1.17 bits per heavy atom. The highest BCUT2D eigenvalue weighted by Crippen LogP contribution is 2.51. The summed E-state index contributed by atoms with van der Waals surface area (Å²) in [6, 6.07) is 25.3. The molecule has 0 bridgehead atoms. The van der Waals surface area contributed by atoms with E-state index in [1.807, 2.05) is 0 Å². The Balaban J connectivity index is 1.42. The van der Waals surface area contributed by atoms with E-state index in [-0.39, 0.29) is 5.41 Å². The van der Waals surface area contributed by atoms with E-state index in [1.165, 1.54) is 55.6 Å². The van der Waals surface area contributed by atoms with E-state index in [0.29, 0.717) is 0 Å². The monoisotopic (exact) mass is 636 g/mol. The van der Waals surface area contributed by atoms with Crippen LogP contribution in [0.2, 0.25) is 0 Å². The van der Waals surface area contributed by atoms with Crippen LogP contribution in [0.1, 0.15) is 113 Å². The Morgan fingerprint density at radius 1 is 0.604 bits per heavy atom. The maximum atomic E-state index is 4.60. The number of hydrogen-bond donors (Lipinski definition) is 2. The smallest absolute Gasteiger partial charge is 0.0387 e. The predicted molar refractivity (Wildman–Crippen MR) is 212 cm³/mol. The lowest BCUT2D eigenvalue weighted by atomic mass is 9.80. The fourth-order valence-corrected chi connectivity index (χ4v) is 7.32. The van der Waals surface area contributed by atoms with Gasteiger partial charge in [0.15, 0.2) is 0 Å². The summed E-state index contributed by atoms with van der Waals surface area (Å²) in [4.78, 5) is 0. The number of unbranched alkanes of at least 4 members (excludes halogenated alkanes) is 1. The van der Waals surface area contributed by atoms with Gasteiger partial charge in [-0.3, -0.25) is 0 Å². The third kappa shape index (κ3) is 7.24. The molecule has 4 aromatic carbocycles. The molecule has 250 valence electrons. The first-order valence-corrected chi connectivity index (χ1v) is 18.3. The van der Waals surface area contributed by atoms with Crippen LogP contribution in [-0.2, 0) is 37.5 Å². The van der Waals surface area contributed by atoms with Crippen LogP contribution >= 0.6 is 0 Å². The zero-order valence-corrected chi connectivity index (χ0v) is 30.7. The maximum Gasteiger partial charge on any atom is 0.0387 e. The molecule has 0 atom stereocenters. The van der Waals surface area contributed by atoms with Crippen LogP contribution in [-0.4, -0.2) is 0 Å². The molecule has 48 heavy (non-hydrogen) atoms. The van der Waals surface area contributed by atoms with Gasteiger partial charge in [-0.25, -0.2) is 0 Å². The number of benzene rings is 4. The molecule has 0 amide bonds. The van der Waals surface area contributed by atoms with Crippen molar-refractivity contribution in [2.24, 2.45) is 0 Å². The van der Waals surface area contributed by atoms with Gasteiger partial charge in [0.25, 0.3) is 0 Å². The zero-order chi connectivity index (χ0) is 34.4. The van der Waals surface area contributed by atoms with Crippen LogP contribution in [0, 0.1) is 0 Å². The van der Waals surface area contributed by atoms with E-state index < -0.39 is 0 Å². The van der Waals surface area contributed by atoms with Crippen molar-refractivity contribution in [3.8, 4) is 11.1 Å². The van der Waals surface area contributed by atoms with Crippen LogP contribution < -0.4 is 10.6 Å². The van der Waals surface area contributed by atoms with Gasteiger partial charge in [0.1, 0.15) is 0 Å². The Hall–Kier alpha value is -4.30. The van der Waals surface area contributed by atoms with Crippen molar-refractivity contribution >= 4 is 22.6 Å². The summed E-state index contributed by atoms with van der Waals surface area (Å²) >= 11 is 0. The largest absolute Gasteiger partial charge is 0.356 e.